The van der Waals surface area contributed by atoms with Crippen molar-refractivity contribution in [1.82, 2.24) is 19.9 Å². The van der Waals surface area contributed by atoms with Crippen LogP contribution in [0.25, 0.3) is 0 Å². The van der Waals surface area contributed by atoms with E-state index in [4.69, 9.17) is 5.11 Å². The molecule has 0 radical (unpaired) electrons. The van der Waals surface area contributed by atoms with Gasteiger partial charge in [-0.15, -0.1) is 5.10 Å². The van der Waals surface area contributed by atoms with Gasteiger partial charge in [0, 0.05) is 31.8 Å². The van der Waals surface area contributed by atoms with Crippen molar-refractivity contribution in [3.63, 3.8) is 0 Å². The van der Waals surface area contributed by atoms with E-state index in [9.17, 15) is 4.79 Å². The average molecular weight is 266 g/mol. The SMILES string of the molecule is CCC1CCCCN1C(=O)Cn1cc(CCO)nn1. The summed E-state index contributed by atoms with van der Waals surface area (Å²) >= 11 is 0. The van der Waals surface area contributed by atoms with Gasteiger partial charge >= 0.3 is 0 Å². The highest BCUT2D eigenvalue weighted by Crippen LogP contribution is 2.19. The molecule has 2 heterocycles. The number of rotatable bonds is 5. The fraction of sp³-hybridized carbons (Fsp3) is 0.769. The monoisotopic (exact) mass is 266 g/mol. The Kier molecular flexibility index (Phi) is 4.90. The van der Waals surface area contributed by atoms with Crippen molar-refractivity contribution in [2.24, 2.45) is 0 Å². The van der Waals surface area contributed by atoms with Crippen molar-refractivity contribution in [3.8, 4) is 0 Å². The van der Waals surface area contributed by atoms with Gasteiger partial charge in [0.05, 0.1) is 5.69 Å². The van der Waals surface area contributed by atoms with Crippen LogP contribution in [0.5, 0.6) is 0 Å². The maximum absolute atomic E-state index is 12.3. The van der Waals surface area contributed by atoms with Gasteiger partial charge < -0.3 is 10.0 Å². The highest BCUT2D eigenvalue weighted by Gasteiger charge is 2.25. The Morgan fingerprint density at radius 1 is 1.53 bits per heavy atom. The number of nitrogens with zero attached hydrogens (tertiary/aromatic N) is 4. The smallest absolute Gasteiger partial charge is 0.244 e. The molecule has 1 aliphatic rings. The Hall–Kier alpha value is -1.43. The zero-order valence-corrected chi connectivity index (χ0v) is 11.5. The molecule has 1 aliphatic heterocycles. The van der Waals surface area contributed by atoms with Gasteiger partial charge in [-0.25, -0.2) is 4.68 Å². The van der Waals surface area contributed by atoms with Gasteiger partial charge in [-0.2, -0.15) is 0 Å². The van der Waals surface area contributed by atoms with Crippen LogP contribution in [-0.4, -0.2) is 50.1 Å². The zero-order chi connectivity index (χ0) is 13.7. The third kappa shape index (κ3) is 3.53. The van der Waals surface area contributed by atoms with E-state index in [0.29, 0.717) is 12.5 Å². The molecular weight excluding hydrogens is 244 g/mol. The number of likely N-dealkylation sites (tertiary alicyclic amines) is 1. The molecule has 1 amide bonds. The third-order valence-corrected chi connectivity index (χ3v) is 3.67. The van der Waals surface area contributed by atoms with E-state index in [-0.39, 0.29) is 19.1 Å². The largest absolute Gasteiger partial charge is 0.396 e. The quantitative estimate of drug-likeness (QED) is 0.847. The number of amides is 1. The van der Waals surface area contributed by atoms with Gasteiger partial charge in [0.1, 0.15) is 6.54 Å². The van der Waals surface area contributed by atoms with Crippen LogP contribution >= 0.6 is 0 Å². The molecule has 1 unspecified atom stereocenters. The first-order valence-electron chi connectivity index (χ1n) is 7.04. The van der Waals surface area contributed by atoms with Crippen LogP contribution < -0.4 is 0 Å². The number of carbonyl (C=O) groups is 1. The predicted molar refractivity (Wildman–Crippen MR) is 70.5 cm³/mol. The summed E-state index contributed by atoms with van der Waals surface area (Å²) in [5.41, 5.74) is 0.723. The molecule has 0 saturated carbocycles. The molecule has 106 valence electrons. The first-order valence-corrected chi connectivity index (χ1v) is 7.04. The second kappa shape index (κ2) is 6.65. The second-order valence-corrected chi connectivity index (χ2v) is 5.03. The number of hydrogen-bond acceptors (Lipinski definition) is 4. The molecule has 6 nitrogen and oxygen atoms in total. The third-order valence-electron chi connectivity index (χ3n) is 3.67. The molecule has 1 aromatic rings. The Bertz CT molecular complexity index is 419. The van der Waals surface area contributed by atoms with Crippen LogP contribution in [0.1, 0.15) is 38.3 Å². The molecule has 1 atom stereocenters. The van der Waals surface area contributed by atoms with Crippen LogP contribution in [0.3, 0.4) is 0 Å². The Morgan fingerprint density at radius 2 is 2.37 bits per heavy atom. The standard InChI is InChI=1S/C13H22N4O2/c1-2-12-5-3-4-7-17(12)13(19)10-16-9-11(6-8-18)14-15-16/h9,12,18H,2-8,10H2,1H3. The number of hydrogen-bond donors (Lipinski definition) is 1. The first kappa shape index (κ1) is 14.0. The van der Waals surface area contributed by atoms with E-state index < -0.39 is 0 Å². The maximum Gasteiger partial charge on any atom is 0.244 e. The average Bonchev–Trinajstić information content (AvgIpc) is 2.86. The van der Waals surface area contributed by atoms with Gasteiger partial charge in [0.25, 0.3) is 0 Å². The van der Waals surface area contributed by atoms with Crippen LogP contribution in [0.4, 0.5) is 0 Å². The van der Waals surface area contributed by atoms with Crippen LogP contribution in [0.2, 0.25) is 0 Å². The highest BCUT2D eigenvalue weighted by atomic mass is 16.3. The summed E-state index contributed by atoms with van der Waals surface area (Å²) in [5.74, 6) is 0.118. The molecule has 0 bridgehead atoms. The van der Waals surface area contributed by atoms with E-state index in [1.807, 2.05) is 4.90 Å². The van der Waals surface area contributed by atoms with Crippen LogP contribution in [0, 0.1) is 0 Å². The predicted octanol–water partition coefficient (Wildman–Crippen LogP) is 0.604. The molecular formula is C13H22N4O2. The zero-order valence-electron chi connectivity index (χ0n) is 11.5. The maximum atomic E-state index is 12.3. The van der Waals surface area contributed by atoms with Crippen molar-refractivity contribution in [3.05, 3.63) is 11.9 Å². The molecule has 19 heavy (non-hydrogen) atoms. The summed E-state index contributed by atoms with van der Waals surface area (Å²) in [6, 6.07) is 0.377. The topological polar surface area (TPSA) is 71.2 Å². The summed E-state index contributed by atoms with van der Waals surface area (Å²) in [5, 5.41) is 16.7. The first-order chi connectivity index (χ1) is 9.24. The summed E-state index contributed by atoms with van der Waals surface area (Å²) < 4.78 is 1.56. The molecule has 1 aromatic heterocycles. The Balaban J connectivity index is 1.95. The van der Waals surface area contributed by atoms with Crippen LogP contribution in [0.15, 0.2) is 6.20 Å². The van der Waals surface area contributed by atoms with E-state index in [2.05, 4.69) is 17.2 Å². The fourth-order valence-electron chi connectivity index (χ4n) is 2.63. The molecule has 1 fully saturated rings. The van der Waals surface area contributed by atoms with Crippen molar-refractivity contribution in [2.75, 3.05) is 13.2 Å². The van der Waals surface area contributed by atoms with Crippen LogP contribution in [-0.2, 0) is 17.8 Å². The Morgan fingerprint density at radius 3 is 3.11 bits per heavy atom. The van der Waals surface area contributed by atoms with Crippen molar-refractivity contribution >= 4 is 5.91 Å². The van der Waals surface area contributed by atoms with Gasteiger partial charge in [-0.1, -0.05) is 12.1 Å². The fourth-order valence-corrected chi connectivity index (χ4v) is 2.63. The van der Waals surface area contributed by atoms with Gasteiger partial charge in [-0.3, -0.25) is 4.79 Å². The van der Waals surface area contributed by atoms with E-state index in [1.54, 1.807) is 10.9 Å². The molecule has 1 N–H and O–H groups in total. The molecule has 6 heteroatoms. The normalized spacial score (nSPS) is 19.7. The van der Waals surface area contributed by atoms with Gasteiger partial charge in [-0.05, 0) is 25.7 Å². The minimum atomic E-state index is 0.0523. The summed E-state index contributed by atoms with van der Waals surface area (Å²) in [7, 11) is 0. The minimum Gasteiger partial charge on any atom is -0.396 e. The minimum absolute atomic E-state index is 0.0523. The molecule has 0 aliphatic carbocycles. The second-order valence-electron chi connectivity index (χ2n) is 5.03. The van der Waals surface area contributed by atoms with Gasteiger partial charge in [0.2, 0.25) is 5.91 Å². The lowest BCUT2D eigenvalue weighted by atomic mass is 10.00. The highest BCUT2D eigenvalue weighted by molar-refractivity contribution is 5.76. The van der Waals surface area contributed by atoms with Crippen molar-refractivity contribution < 1.29 is 9.90 Å². The van der Waals surface area contributed by atoms with E-state index in [0.717, 1.165) is 31.5 Å². The summed E-state index contributed by atoms with van der Waals surface area (Å²) in [4.78, 5) is 14.3. The van der Waals surface area contributed by atoms with E-state index >= 15 is 0 Å². The van der Waals surface area contributed by atoms with Gasteiger partial charge in [0.15, 0.2) is 0 Å². The summed E-state index contributed by atoms with van der Waals surface area (Å²) in [6.07, 6.45) is 6.64. The van der Waals surface area contributed by atoms with E-state index in [1.165, 1.54) is 6.42 Å². The Labute approximate surface area is 113 Å². The lowest BCUT2D eigenvalue weighted by Crippen LogP contribution is -2.44. The van der Waals surface area contributed by atoms with Crippen molar-refractivity contribution in [2.45, 2.75) is 51.6 Å². The number of piperidine rings is 1. The lowest BCUT2D eigenvalue weighted by Gasteiger charge is -2.35. The molecule has 1 saturated heterocycles. The molecule has 0 spiro atoms. The number of aliphatic hydroxyl groups is 1. The van der Waals surface area contributed by atoms with Crippen molar-refractivity contribution in [1.29, 1.82) is 0 Å². The molecule has 2 rings (SSSR count). The number of carbonyl (C=O) groups excluding carboxylic acids is 1. The number of aromatic nitrogens is 3. The number of aliphatic hydroxyl groups excluding tert-OH is 1. The summed E-state index contributed by atoms with van der Waals surface area (Å²) in [6.45, 7) is 3.28. The lowest BCUT2D eigenvalue weighted by molar-refractivity contribution is -0.135. The molecule has 0 aromatic carbocycles.